The monoisotopic (exact) mass is 345 g/mol. The SMILES string of the molecule is O=C(CCc1ccc(OC(F)(F)F)cc1)NCCN1CCNCC1. The summed E-state index contributed by atoms with van der Waals surface area (Å²) in [5.74, 6) is -0.313. The molecule has 8 heteroatoms. The van der Waals surface area contributed by atoms with Crippen molar-refractivity contribution in [1.29, 1.82) is 0 Å². The van der Waals surface area contributed by atoms with Crippen LogP contribution in [0, 0.1) is 0 Å². The molecule has 0 saturated carbocycles. The van der Waals surface area contributed by atoms with Crippen molar-refractivity contribution >= 4 is 5.91 Å². The summed E-state index contributed by atoms with van der Waals surface area (Å²) in [6.45, 7) is 5.36. The van der Waals surface area contributed by atoms with Crippen molar-refractivity contribution in [1.82, 2.24) is 15.5 Å². The Morgan fingerprint density at radius 2 is 1.88 bits per heavy atom. The fourth-order valence-electron chi connectivity index (χ4n) is 2.49. The second-order valence-electron chi connectivity index (χ2n) is 5.63. The first-order valence-electron chi connectivity index (χ1n) is 7.97. The molecule has 1 aliphatic rings. The van der Waals surface area contributed by atoms with Crippen LogP contribution in [0.3, 0.4) is 0 Å². The number of alkyl halides is 3. The second kappa shape index (κ2) is 8.89. The fourth-order valence-corrected chi connectivity index (χ4v) is 2.49. The van der Waals surface area contributed by atoms with E-state index < -0.39 is 6.36 Å². The van der Waals surface area contributed by atoms with Gasteiger partial charge in [0.15, 0.2) is 0 Å². The molecule has 0 bridgehead atoms. The summed E-state index contributed by atoms with van der Waals surface area (Å²) < 4.78 is 40.0. The van der Waals surface area contributed by atoms with Crippen LogP contribution in [0.15, 0.2) is 24.3 Å². The molecule has 0 aliphatic carbocycles. The molecule has 0 aromatic heterocycles. The van der Waals surface area contributed by atoms with Crippen molar-refractivity contribution in [2.75, 3.05) is 39.3 Å². The second-order valence-corrected chi connectivity index (χ2v) is 5.63. The van der Waals surface area contributed by atoms with Crippen LogP contribution in [0.25, 0.3) is 0 Å². The molecule has 0 atom stereocenters. The van der Waals surface area contributed by atoms with E-state index in [4.69, 9.17) is 0 Å². The lowest BCUT2D eigenvalue weighted by atomic mass is 10.1. The molecular formula is C16H22F3N3O2. The van der Waals surface area contributed by atoms with Crippen molar-refractivity contribution in [3.8, 4) is 5.75 Å². The summed E-state index contributed by atoms with van der Waals surface area (Å²) in [7, 11) is 0. The molecule has 1 amide bonds. The largest absolute Gasteiger partial charge is 0.573 e. The summed E-state index contributed by atoms with van der Waals surface area (Å²) in [4.78, 5) is 14.1. The fraction of sp³-hybridized carbons (Fsp3) is 0.562. The highest BCUT2D eigenvalue weighted by Gasteiger charge is 2.30. The minimum absolute atomic E-state index is 0.0549. The highest BCUT2D eigenvalue weighted by atomic mass is 19.4. The average Bonchev–Trinajstić information content (AvgIpc) is 2.54. The number of nitrogens with zero attached hydrogens (tertiary/aromatic N) is 1. The Morgan fingerprint density at radius 3 is 2.50 bits per heavy atom. The normalized spacial score (nSPS) is 16.0. The molecule has 1 aromatic carbocycles. The number of carbonyl (C=O) groups excluding carboxylic acids is 1. The maximum absolute atomic E-state index is 12.1. The third kappa shape index (κ3) is 7.18. The van der Waals surface area contributed by atoms with Crippen molar-refractivity contribution in [2.45, 2.75) is 19.2 Å². The smallest absolute Gasteiger partial charge is 0.406 e. The zero-order chi connectivity index (χ0) is 17.4. The minimum atomic E-state index is -4.69. The minimum Gasteiger partial charge on any atom is -0.406 e. The van der Waals surface area contributed by atoms with Gasteiger partial charge in [0.25, 0.3) is 0 Å². The Labute approximate surface area is 139 Å². The van der Waals surface area contributed by atoms with Crippen molar-refractivity contribution in [3.63, 3.8) is 0 Å². The van der Waals surface area contributed by atoms with E-state index in [1.807, 2.05) is 0 Å². The first-order valence-corrected chi connectivity index (χ1v) is 7.97. The van der Waals surface area contributed by atoms with E-state index in [0.29, 0.717) is 19.4 Å². The molecular weight excluding hydrogens is 323 g/mol. The van der Waals surface area contributed by atoms with Gasteiger partial charge in [-0.3, -0.25) is 9.69 Å². The Bertz CT molecular complexity index is 514. The number of ether oxygens (including phenoxy) is 1. The third-order valence-corrected chi connectivity index (χ3v) is 3.76. The number of hydrogen-bond acceptors (Lipinski definition) is 4. The zero-order valence-electron chi connectivity index (χ0n) is 13.4. The molecule has 5 nitrogen and oxygen atoms in total. The number of amides is 1. The summed E-state index contributed by atoms with van der Waals surface area (Å²) in [6, 6.07) is 5.58. The van der Waals surface area contributed by atoms with Gasteiger partial charge in [-0.1, -0.05) is 12.1 Å². The topological polar surface area (TPSA) is 53.6 Å². The Hall–Kier alpha value is -1.80. The van der Waals surface area contributed by atoms with Crippen LogP contribution in [0.4, 0.5) is 13.2 Å². The standard InChI is InChI=1S/C16H22F3N3O2/c17-16(18,19)24-14-4-1-13(2-5-14)3-6-15(23)21-9-12-22-10-7-20-8-11-22/h1-2,4-5,20H,3,6-12H2,(H,21,23). The molecule has 0 radical (unpaired) electrons. The first kappa shape index (κ1) is 18.5. The maximum atomic E-state index is 12.1. The van der Waals surface area contributed by atoms with Gasteiger partial charge in [-0.2, -0.15) is 0 Å². The lowest BCUT2D eigenvalue weighted by molar-refractivity contribution is -0.274. The molecule has 1 aliphatic heterocycles. The van der Waals surface area contributed by atoms with Crippen LogP contribution >= 0.6 is 0 Å². The van der Waals surface area contributed by atoms with Crippen LogP contribution in [0.2, 0.25) is 0 Å². The van der Waals surface area contributed by atoms with E-state index >= 15 is 0 Å². The van der Waals surface area contributed by atoms with Gasteiger partial charge in [0.2, 0.25) is 5.91 Å². The van der Waals surface area contributed by atoms with Crippen LogP contribution < -0.4 is 15.4 Å². The lowest BCUT2D eigenvalue weighted by Gasteiger charge is -2.27. The summed E-state index contributed by atoms with van der Waals surface area (Å²) >= 11 is 0. The Balaban J connectivity index is 1.64. The number of aryl methyl sites for hydroxylation is 1. The maximum Gasteiger partial charge on any atom is 0.573 e. The van der Waals surface area contributed by atoms with E-state index in [-0.39, 0.29) is 11.7 Å². The van der Waals surface area contributed by atoms with Gasteiger partial charge in [0.05, 0.1) is 0 Å². The van der Waals surface area contributed by atoms with Gasteiger partial charge in [-0.25, -0.2) is 0 Å². The van der Waals surface area contributed by atoms with E-state index in [1.165, 1.54) is 24.3 Å². The predicted molar refractivity (Wildman–Crippen MR) is 83.8 cm³/mol. The van der Waals surface area contributed by atoms with Gasteiger partial charge in [0, 0.05) is 45.7 Å². The molecule has 0 spiro atoms. The first-order chi connectivity index (χ1) is 11.4. The molecule has 2 rings (SSSR count). The van der Waals surface area contributed by atoms with E-state index in [0.717, 1.165) is 38.3 Å². The number of nitrogens with one attached hydrogen (secondary N) is 2. The molecule has 1 heterocycles. The van der Waals surface area contributed by atoms with Crippen molar-refractivity contribution in [3.05, 3.63) is 29.8 Å². The molecule has 0 unspecified atom stereocenters. The van der Waals surface area contributed by atoms with Crippen LogP contribution in [0.1, 0.15) is 12.0 Å². The van der Waals surface area contributed by atoms with Crippen LogP contribution in [0.5, 0.6) is 5.75 Å². The molecule has 1 fully saturated rings. The Morgan fingerprint density at radius 1 is 1.21 bits per heavy atom. The Kier molecular flexibility index (Phi) is 6.86. The number of hydrogen-bond donors (Lipinski definition) is 2. The van der Waals surface area contributed by atoms with Gasteiger partial charge in [-0.15, -0.1) is 13.2 Å². The number of carbonyl (C=O) groups is 1. The third-order valence-electron chi connectivity index (χ3n) is 3.76. The quantitative estimate of drug-likeness (QED) is 0.787. The van der Waals surface area contributed by atoms with Crippen molar-refractivity contribution in [2.24, 2.45) is 0 Å². The van der Waals surface area contributed by atoms with Crippen LogP contribution in [-0.2, 0) is 11.2 Å². The average molecular weight is 345 g/mol. The summed E-state index contributed by atoms with van der Waals surface area (Å²) in [5.41, 5.74) is 0.793. The van der Waals surface area contributed by atoms with Gasteiger partial charge in [0.1, 0.15) is 5.75 Å². The molecule has 24 heavy (non-hydrogen) atoms. The molecule has 1 aromatic rings. The summed E-state index contributed by atoms with van der Waals surface area (Å²) in [6.07, 6.45) is -3.90. The van der Waals surface area contributed by atoms with Gasteiger partial charge >= 0.3 is 6.36 Å². The van der Waals surface area contributed by atoms with Crippen LogP contribution in [-0.4, -0.2) is 56.4 Å². The van der Waals surface area contributed by atoms with E-state index in [9.17, 15) is 18.0 Å². The van der Waals surface area contributed by atoms with E-state index in [1.54, 1.807) is 0 Å². The lowest BCUT2D eigenvalue weighted by Crippen LogP contribution is -2.46. The zero-order valence-corrected chi connectivity index (χ0v) is 13.4. The number of piperazine rings is 1. The number of benzene rings is 1. The molecule has 2 N–H and O–H groups in total. The molecule has 134 valence electrons. The highest BCUT2D eigenvalue weighted by Crippen LogP contribution is 2.22. The summed E-state index contributed by atoms with van der Waals surface area (Å²) in [5, 5.41) is 6.14. The van der Waals surface area contributed by atoms with Crippen molar-refractivity contribution < 1.29 is 22.7 Å². The van der Waals surface area contributed by atoms with Gasteiger partial charge in [-0.05, 0) is 24.1 Å². The van der Waals surface area contributed by atoms with Gasteiger partial charge < -0.3 is 15.4 Å². The van der Waals surface area contributed by atoms with E-state index in [2.05, 4.69) is 20.3 Å². The highest BCUT2D eigenvalue weighted by molar-refractivity contribution is 5.76. The molecule has 1 saturated heterocycles. The predicted octanol–water partition coefficient (Wildman–Crippen LogP) is 1.54. The number of rotatable bonds is 7. The number of halogens is 3.